The van der Waals surface area contributed by atoms with Gasteiger partial charge < -0.3 is 15.5 Å². The normalized spacial score (nSPS) is 28.6. The fraction of sp³-hybridized carbons (Fsp3) is 0.474. The summed E-state index contributed by atoms with van der Waals surface area (Å²) in [5.41, 5.74) is 0.648. The van der Waals surface area contributed by atoms with Crippen molar-refractivity contribution in [3.05, 3.63) is 41.9 Å². The van der Waals surface area contributed by atoms with Crippen LogP contribution in [0.15, 0.2) is 36.9 Å². The van der Waals surface area contributed by atoms with Gasteiger partial charge in [-0.3, -0.25) is 9.59 Å². The van der Waals surface area contributed by atoms with Gasteiger partial charge in [0.15, 0.2) is 6.04 Å². The molecule has 0 radical (unpaired) electrons. The van der Waals surface area contributed by atoms with Crippen molar-refractivity contribution in [1.82, 2.24) is 5.32 Å². The maximum atomic E-state index is 12.6. The first kappa shape index (κ1) is 18.0. The molecule has 1 aliphatic carbocycles. The van der Waals surface area contributed by atoms with E-state index in [9.17, 15) is 9.59 Å². The number of fused-ring (bicyclic) bond motifs is 1. The third-order valence-corrected chi connectivity index (χ3v) is 5.45. The topological polar surface area (TPSA) is 62.6 Å². The van der Waals surface area contributed by atoms with Crippen molar-refractivity contribution in [1.29, 1.82) is 0 Å². The molecule has 5 nitrogen and oxygen atoms in total. The predicted molar refractivity (Wildman–Crippen MR) is 98.7 cm³/mol. The van der Waals surface area contributed by atoms with Gasteiger partial charge in [-0.05, 0) is 37.1 Å². The van der Waals surface area contributed by atoms with Gasteiger partial charge in [-0.15, -0.1) is 0 Å². The first-order valence-electron chi connectivity index (χ1n) is 8.90. The van der Waals surface area contributed by atoms with Crippen molar-refractivity contribution in [2.75, 3.05) is 11.9 Å². The van der Waals surface area contributed by atoms with Gasteiger partial charge in [-0.1, -0.05) is 30.7 Å². The number of carbonyl (C=O) groups excluding carboxylic acids is 2. The Balaban J connectivity index is 1.70. The second-order valence-electron chi connectivity index (χ2n) is 6.89. The first-order chi connectivity index (χ1) is 12.1. The van der Waals surface area contributed by atoms with Gasteiger partial charge >= 0.3 is 0 Å². The maximum Gasteiger partial charge on any atom is 0.279 e. The Kier molecular flexibility index (Phi) is 5.76. The Bertz CT molecular complexity index is 664. The zero-order valence-electron chi connectivity index (χ0n) is 14.3. The molecule has 1 aromatic carbocycles. The molecule has 1 saturated heterocycles. The molecule has 1 unspecified atom stereocenters. The maximum absolute atomic E-state index is 12.6. The van der Waals surface area contributed by atoms with E-state index in [2.05, 4.69) is 17.2 Å². The smallest absolute Gasteiger partial charge is 0.279 e. The number of halogens is 1. The number of nitrogens with one attached hydrogen (secondary N) is 3. The number of piperazine rings is 1. The second kappa shape index (κ2) is 8.02. The number of rotatable bonds is 5. The Morgan fingerprint density at radius 1 is 1.40 bits per heavy atom. The highest BCUT2D eigenvalue weighted by atomic mass is 35.5. The Morgan fingerprint density at radius 2 is 2.20 bits per heavy atom. The third kappa shape index (κ3) is 4.22. The molecule has 1 saturated carbocycles. The molecule has 1 aliphatic heterocycles. The highest BCUT2D eigenvalue weighted by Crippen LogP contribution is 2.20. The van der Waals surface area contributed by atoms with Gasteiger partial charge in [-0.25, -0.2) is 0 Å². The molecule has 4 atom stereocenters. The van der Waals surface area contributed by atoms with Crippen LogP contribution in [0.1, 0.15) is 32.1 Å². The molecular formula is C19H25ClN3O2+. The zero-order chi connectivity index (χ0) is 17.8. The minimum atomic E-state index is -0.378. The SMILES string of the molecule is C=CC[NH+]1[C@@H]2CCCC[C@@H]2NC(=O)[C@@H]1CC(=O)Nc1cccc(Cl)c1. The van der Waals surface area contributed by atoms with Crippen molar-refractivity contribution in [2.24, 2.45) is 0 Å². The summed E-state index contributed by atoms with van der Waals surface area (Å²) in [5, 5.41) is 6.55. The van der Waals surface area contributed by atoms with Crippen LogP contribution in [0, 0.1) is 0 Å². The molecule has 3 N–H and O–H groups in total. The molecule has 3 rings (SSSR count). The van der Waals surface area contributed by atoms with E-state index < -0.39 is 0 Å². The van der Waals surface area contributed by atoms with E-state index in [1.807, 2.05) is 6.08 Å². The summed E-state index contributed by atoms with van der Waals surface area (Å²) >= 11 is 5.95. The molecule has 2 amide bonds. The van der Waals surface area contributed by atoms with Crippen LogP contribution in [0.25, 0.3) is 0 Å². The molecule has 1 aromatic rings. The van der Waals surface area contributed by atoms with Crippen LogP contribution >= 0.6 is 11.6 Å². The van der Waals surface area contributed by atoms with Crippen LogP contribution in [0.3, 0.4) is 0 Å². The van der Waals surface area contributed by atoms with E-state index in [0.717, 1.165) is 19.3 Å². The summed E-state index contributed by atoms with van der Waals surface area (Å²) < 4.78 is 0. The first-order valence-corrected chi connectivity index (χ1v) is 9.28. The van der Waals surface area contributed by atoms with Crippen molar-refractivity contribution in [3.63, 3.8) is 0 Å². The average Bonchev–Trinajstić information content (AvgIpc) is 2.58. The zero-order valence-corrected chi connectivity index (χ0v) is 15.0. The van der Waals surface area contributed by atoms with Crippen LogP contribution in [-0.2, 0) is 9.59 Å². The van der Waals surface area contributed by atoms with Gasteiger partial charge in [0, 0.05) is 17.1 Å². The number of amides is 2. The van der Waals surface area contributed by atoms with Crippen molar-refractivity contribution < 1.29 is 14.5 Å². The summed E-state index contributed by atoms with van der Waals surface area (Å²) in [7, 11) is 0. The quantitative estimate of drug-likeness (QED) is 0.696. The fourth-order valence-corrected chi connectivity index (χ4v) is 4.30. The minimum absolute atomic E-state index is 0.0266. The fourth-order valence-electron chi connectivity index (χ4n) is 4.11. The highest BCUT2D eigenvalue weighted by molar-refractivity contribution is 6.30. The molecule has 2 aliphatic rings. The van der Waals surface area contributed by atoms with E-state index in [4.69, 9.17) is 11.6 Å². The van der Waals surface area contributed by atoms with Gasteiger partial charge in [-0.2, -0.15) is 0 Å². The lowest BCUT2D eigenvalue weighted by Gasteiger charge is -2.44. The predicted octanol–water partition coefficient (Wildman–Crippen LogP) is 1.55. The van der Waals surface area contributed by atoms with Gasteiger partial charge in [0.2, 0.25) is 5.91 Å². The number of quaternary nitrogens is 1. The number of hydrogen-bond donors (Lipinski definition) is 3. The van der Waals surface area contributed by atoms with Gasteiger partial charge in [0.05, 0.1) is 19.0 Å². The number of benzene rings is 1. The second-order valence-corrected chi connectivity index (χ2v) is 7.33. The number of hydrogen-bond acceptors (Lipinski definition) is 2. The Morgan fingerprint density at radius 3 is 2.96 bits per heavy atom. The van der Waals surface area contributed by atoms with Crippen molar-refractivity contribution in [3.8, 4) is 0 Å². The minimum Gasteiger partial charge on any atom is -0.342 e. The molecule has 6 heteroatoms. The van der Waals surface area contributed by atoms with Gasteiger partial charge in [0.1, 0.15) is 6.04 Å². The van der Waals surface area contributed by atoms with Crippen LogP contribution in [0.5, 0.6) is 0 Å². The van der Waals surface area contributed by atoms with Crippen LogP contribution in [0.2, 0.25) is 5.02 Å². The van der Waals surface area contributed by atoms with E-state index in [0.29, 0.717) is 23.3 Å². The molecule has 0 spiro atoms. The summed E-state index contributed by atoms with van der Waals surface area (Å²) in [6, 6.07) is 7.24. The molecule has 0 bridgehead atoms. The molecule has 25 heavy (non-hydrogen) atoms. The third-order valence-electron chi connectivity index (χ3n) is 5.21. The molecule has 2 fully saturated rings. The van der Waals surface area contributed by atoms with Crippen LogP contribution in [0.4, 0.5) is 5.69 Å². The molecule has 134 valence electrons. The van der Waals surface area contributed by atoms with E-state index in [-0.39, 0.29) is 30.3 Å². The lowest BCUT2D eigenvalue weighted by Crippen LogP contribution is -3.23. The van der Waals surface area contributed by atoms with Gasteiger partial charge in [0.25, 0.3) is 5.91 Å². The molecule has 1 heterocycles. The van der Waals surface area contributed by atoms with Crippen molar-refractivity contribution in [2.45, 2.75) is 50.2 Å². The Hall–Kier alpha value is -1.85. The standard InChI is InChI=1S/C19H24ClN3O2/c1-2-10-23-16-9-4-3-8-15(16)22-19(25)17(23)12-18(24)21-14-7-5-6-13(20)11-14/h2,5-7,11,15-17H,1,3-4,8-10,12H2,(H,21,24)(H,22,25)/p+1/t15-,16+,17-/m0/s1. The molecule has 0 aromatic heterocycles. The van der Waals surface area contributed by atoms with Crippen LogP contribution in [-0.4, -0.2) is 36.5 Å². The highest BCUT2D eigenvalue weighted by Gasteiger charge is 2.46. The van der Waals surface area contributed by atoms with E-state index in [1.54, 1.807) is 24.3 Å². The summed E-state index contributed by atoms with van der Waals surface area (Å²) in [5.74, 6) is -0.195. The number of anilines is 1. The van der Waals surface area contributed by atoms with E-state index >= 15 is 0 Å². The summed E-state index contributed by atoms with van der Waals surface area (Å²) in [6.45, 7) is 4.54. The lowest BCUT2D eigenvalue weighted by molar-refractivity contribution is -0.940. The largest absolute Gasteiger partial charge is 0.342 e. The van der Waals surface area contributed by atoms with Crippen molar-refractivity contribution >= 4 is 29.1 Å². The average molecular weight is 363 g/mol. The lowest BCUT2D eigenvalue weighted by atomic mass is 9.85. The Labute approximate surface area is 153 Å². The summed E-state index contributed by atoms with van der Waals surface area (Å²) in [4.78, 5) is 26.3. The molecular weight excluding hydrogens is 338 g/mol. The number of carbonyl (C=O) groups is 2. The summed E-state index contributed by atoms with van der Waals surface area (Å²) in [6.07, 6.45) is 6.45. The monoisotopic (exact) mass is 362 g/mol. The van der Waals surface area contributed by atoms with E-state index in [1.165, 1.54) is 11.3 Å². The van der Waals surface area contributed by atoms with Crippen LogP contribution < -0.4 is 15.5 Å².